The third kappa shape index (κ3) is 5.34. The van der Waals surface area contributed by atoms with Crippen LogP contribution in [0.25, 0.3) is 0 Å². The van der Waals surface area contributed by atoms with E-state index in [4.69, 9.17) is 4.74 Å². The zero-order valence-corrected chi connectivity index (χ0v) is 13.8. The molecule has 0 spiro atoms. The van der Waals surface area contributed by atoms with Crippen molar-refractivity contribution in [2.75, 3.05) is 19.6 Å². The highest BCUT2D eigenvalue weighted by Crippen LogP contribution is 2.16. The lowest BCUT2D eigenvalue weighted by Crippen LogP contribution is -2.41. The van der Waals surface area contributed by atoms with E-state index in [9.17, 15) is 4.79 Å². The fraction of sp³-hybridized carbons (Fsp3) is 0.611. The van der Waals surface area contributed by atoms with E-state index < -0.39 is 6.10 Å². The first-order valence-electron chi connectivity index (χ1n) is 8.40. The molecule has 0 bridgehead atoms. The third-order valence-electron chi connectivity index (χ3n) is 4.29. The minimum absolute atomic E-state index is 0.0458. The minimum Gasteiger partial charge on any atom is -0.481 e. The number of hydrogen-bond donors (Lipinski definition) is 1. The Morgan fingerprint density at radius 2 is 2.14 bits per heavy atom. The third-order valence-corrected chi connectivity index (χ3v) is 4.29. The highest BCUT2D eigenvalue weighted by Gasteiger charge is 2.18. The smallest absolute Gasteiger partial charge is 0.260 e. The van der Waals surface area contributed by atoms with Crippen molar-refractivity contribution in [2.45, 2.75) is 51.7 Å². The van der Waals surface area contributed by atoms with Crippen LogP contribution in [0, 0.1) is 0 Å². The molecule has 1 heterocycles. The monoisotopic (exact) mass is 304 g/mol. The Balaban J connectivity index is 1.62. The van der Waals surface area contributed by atoms with Gasteiger partial charge in [-0.3, -0.25) is 4.79 Å². The van der Waals surface area contributed by atoms with Gasteiger partial charge in [-0.1, -0.05) is 24.6 Å². The van der Waals surface area contributed by atoms with Gasteiger partial charge in [0.1, 0.15) is 5.75 Å². The number of amides is 1. The number of para-hydroxylation sites is 1. The van der Waals surface area contributed by atoms with Crippen molar-refractivity contribution in [3.8, 4) is 5.75 Å². The van der Waals surface area contributed by atoms with Crippen molar-refractivity contribution >= 4 is 5.91 Å². The van der Waals surface area contributed by atoms with Crippen LogP contribution in [0.15, 0.2) is 30.3 Å². The summed E-state index contributed by atoms with van der Waals surface area (Å²) in [5.74, 6) is 0.683. The summed E-state index contributed by atoms with van der Waals surface area (Å²) in [6.45, 7) is 7.06. The summed E-state index contributed by atoms with van der Waals surface area (Å²) in [6, 6.07) is 10.1. The van der Waals surface area contributed by atoms with Gasteiger partial charge in [-0.05, 0) is 51.8 Å². The molecule has 1 fully saturated rings. The second-order valence-corrected chi connectivity index (χ2v) is 6.10. The summed E-state index contributed by atoms with van der Waals surface area (Å²) in [5, 5.41) is 2.97. The minimum atomic E-state index is -0.462. The number of likely N-dealkylation sites (tertiary alicyclic amines) is 1. The number of carbonyl (C=O) groups is 1. The zero-order valence-electron chi connectivity index (χ0n) is 13.8. The van der Waals surface area contributed by atoms with Crippen molar-refractivity contribution in [1.82, 2.24) is 10.2 Å². The molecule has 1 aliphatic heterocycles. The van der Waals surface area contributed by atoms with E-state index in [1.54, 1.807) is 6.92 Å². The Kier molecular flexibility index (Phi) is 6.72. The molecule has 2 atom stereocenters. The summed E-state index contributed by atoms with van der Waals surface area (Å²) >= 11 is 0. The van der Waals surface area contributed by atoms with Gasteiger partial charge in [-0.25, -0.2) is 0 Å². The van der Waals surface area contributed by atoms with Crippen LogP contribution in [0.5, 0.6) is 5.75 Å². The SMILES string of the molecule is CC(Oc1ccccc1)C(=O)NCCCN1CCCCC1C. The van der Waals surface area contributed by atoms with Gasteiger partial charge in [0.2, 0.25) is 0 Å². The van der Waals surface area contributed by atoms with Crippen LogP contribution in [0.1, 0.15) is 39.5 Å². The first-order chi connectivity index (χ1) is 10.7. The maximum Gasteiger partial charge on any atom is 0.260 e. The average Bonchev–Trinajstić information content (AvgIpc) is 2.53. The van der Waals surface area contributed by atoms with Gasteiger partial charge in [0.25, 0.3) is 5.91 Å². The predicted molar refractivity (Wildman–Crippen MR) is 89.0 cm³/mol. The van der Waals surface area contributed by atoms with Crippen LogP contribution in [0.2, 0.25) is 0 Å². The molecule has 1 aromatic carbocycles. The van der Waals surface area contributed by atoms with Gasteiger partial charge in [-0.2, -0.15) is 0 Å². The van der Waals surface area contributed by atoms with E-state index in [1.165, 1.54) is 25.8 Å². The maximum atomic E-state index is 12.0. The first-order valence-corrected chi connectivity index (χ1v) is 8.40. The Labute approximate surface area is 133 Å². The van der Waals surface area contributed by atoms with E-state index in [1.807, 2.05) is 30.3 Å². The zero-order chi connectivity index (χ0) is 15.8. The molecule has 1 amide bonds. The number of hydrogen-bond acceptors (Lipinski definition) is 3. The number of carbonyl (C=O) groups excluding carboxylic acids is 1. The van der Waals surface area contributed by atoms with Gasteiger partial charge in [0, 0.05) is 19.1 Å². The van der Waals surface area contributed by atoms with Crippen molar-refractivity contribution < 1.29 is 9.53 Å². The van der Waals surface area contributed by atoms with Crippen LogP contribution in [0.4, 0.5) is 0 Å². The van der Waals surface area contributed by atoms with Gasteiger partial charge >= 0.3 is 0 Å². The standard InChI is InChI=1S/C18H28N2O2/c1-15-9-6-7-13-20(15)14-8-12-19-18(21)16(2)22-17-10-4-3-5-11-17/h3-5,10-11,15-16H,6-9,12-14H2,1-2H3,(H,19,21). The van der Waals surface area contributed by atoms with Crippen molar-refractivity contribution in [3.63, 3.8) is 0 Å². The second-order valence-electron chi connectivity index (χ2n) is 6.10. The number of piperidine rings is 1. The summed E-state index contributed by atoms with van der Waals surface area (Å²) in [7, 11) is 0. The summed E-state index contributed by atoms with van der Waals surface area (Å²) in [5.41, 5.74) is 0. The van der Waals surface area contributed by atoms with E-state index >= 15 is 0 Å². The molecule has 1 aromatic rings. The molecular weight excluding hydrogens is 276 g/mol. The second kappa shape index (κ2) is 8.79. The Hall–Kier alpha value is -1.55. The fourth-order valence-corrected chi connectivity index (χ4v) is 2.88. The van der Waals surface area contributed by atoms with Crippen LogP contribution < -0.4 is 10.1 Å². The molecule has 122 valence electrons. The van der Waals surface area contributed by atoms with Crippen LogP contribution in [-0.2, 0) is 4.79 Å². The molecule has 0 radical (unpaired) electrons. The average molecular weight is 304 g/mol. The van der Waals surface area contributed by atoms with Gasteiger partial charge in [0.15, 0.2) is 6.10 Å². The quantitative estimate of drug-likeness (QED) is 0.788. The number of ether oxygens (including phenoxy) is 1. The van der Waals surface area contributed by atoms with E-state index in [-0.39, 0.29) is 5.91 Å². The molecule has 4 heteroatoms. The molecule has 0 saturated carbocycles. The van der Waals surface area contributed by atoms with E-state index in [2.05, 4.69) is 17.1 Å². The summed E-state index contributed by atoms with van der Waals surface area (Å²) < 4.78 is 5.62. The maximum absolute atomic E-state index is 12.0. The number of nitrogens with one attached hydrogen (secondary N) is 1. The number of rotatable bonds is 7. The molecule has 1 aliphatic rings. The van der Waals surface area contributed by atoms with Crippen molar-refractivity contribution in [1.29, 1.82) is 0 Å². The lowest BCUT2D eigenvalue weighted by atomic mass is 10.0. The number of nitrogens with zero attached hydrogens (tertiary/aromatic N) is 1. The highest BCUT2D eigenvalue weighted by molar-refractivity contribution is 5.80. The van der Waals surface area contributed by atoms with Crippen molar-refractivity contribution in [2.24, 2.45) is 0 Å². The fourth-order valence-electron chi connectivity index (χ4n) is 2.88. The molecule has 4 nitrogen and oxygen atoms in total. The molecule has 2 rings (SSSR count). The van der Waals surface area contributed by atoms with Gasteiger partial charge < -0.3 is 15.0 Å². The Morgan fingerprint density at radius 3 is 2.86 bits per heavy atom. The van der Waals surface area contributed by atoms with E-state index in [0.717, 1.165) is 18.7 Å². The van der Waals surface area contributed by atoms with Crippen LogP contribution in [0.3, 0.4) is 0 Å². The summed E-state index contributed by atoms with van der Waals surface area (Å²) in [6.07, 6.45) is 4.49. The molecule has 22 heavy (non-hydrogen) atoms. The Bertz CT molecular complexity index is 450. The molecular formula is C18H28N2O2. The van der Waals surface area contributed by atoms with Gasteiger partial charge in [0.05, 0.1) is 0 Å². The summed E-state index contributed by atoms with van der Waals surface area (Å²) in [4.78, 5) is 14.5. The molecule has 0 aliphatic carbocycles. The number of benzene rings is 1. The molecule has 2 unspecified atom stereocenters. The predicted octanol–water partition coefficient (Wildman–Crippen LogP) is 2.83. The van der Waals surface area contributed by atoms with Crippen molar-refractivity contribution in [3.05, 3.63) is 30.3 Å². The van der Waals surface area contributed by atoms with E-state index in [0.29, 0.717) is 12.6 Å². The first kappa shape index (κ1) is 16.8. The molecule has 1 saturated heterocycles. The normalized spacial score (nSPS) is 20.4. The lowest BCUT2D eigenvalue weighted by molar-refractivity contribution is -0.127. The Morgan fingerprint density at radius 1 is 1.36 bits per heavy atom. The molecule has 0 aromatic heterocycles. The molecule has 1 N–H and O–H groups in total. The lowest BCUT2D eigenvalue weighted by Gasteiger charge is -2.33. The highest BCUT2D eigenvalue weighted by atomic mass is 16.5. The topological polar surface area (TPSA) is 41.6 Å². The van der Waals surface area contributed by atoms with Crippen LogP contribution >= 0.6 is 0 Å². The largest absolute Gasteiger partial charge is 0.481 e. The van der Waals surface area contributed by atoms with Crippen LogP contribution in [-0.4, -0.2) is 42.6 Å². The van der Waals surface area contributed by atoms with Gasteiger partial charge in [-0.15, -0.1) is 0 Å².